The first-order chi connectivity index (χ1) is 11.2. The highest BCUT2D eigenvalue weighted by Crippen LogP contribution is 2.17. The molecule has 6 heteroatoms. The van der Waals surface area contributed by atoms with Gasteiger partial charge in [0, 0.05) is 54.8 Å². The molecule has 1 heterocycles. The van der Waals surface area contributed by atoms with Gasteiger partial charge in [-0.05, 0) is 53.6 Å². The number of hydrogen-bond acceptors (Lipinski definition) is 6. The van der Waals surface area contributed by atoms with Gasteiger partial charge in [0.2, 0.25) is 0 Å². The van der Waals surface area contributed by atoms with Crippen molar-refractivity contribution in [3.05, 3.63) is 0 Å². The Hall–Kier alpha value is 0.540. The molecule has 0 saturated carbocycles. The van der Waals surface area contributed by atoms with Crippen LogP contribution in [0.4, 0.5) is 0 Å². The molecule has 0 radical (unpaired) electrons. The van der Waals surface area contributed by atoms with Crippen molar-refractivity contribution < 1.29 is 0 Å². The van der Waals surface area contributed by atoms with Crippen LogP contribution in [0.2, 0.25) is 0 Å². The summed E-state index contributed by atoms with van der Waals surface area (Å²) < 4.78 is -0.000825. The van der Waals surface area contributed by atoms with Crippen molar-refractivity contribution in [2.24, 2.45) is 0 Å². The van der Waals surface area contributed by atoms with E-state index in [0.29, 0.717) is 6.04 Å². The van der Waals surface area contributed by atoms with E-state index in [-0.39, 0.29) is 9.49 Å². The van der Waals surface area contributed by atoms with Crippen LogP contribution in [-0.4, -0.2) is 72.8 Å². The van der Waals surface area contributed by atoms with E-state index < -0.39 is 0 Å². The lowest BCUT2D eigenvalue weighted by atomic mass is 10.0. The van der Waals surface area contributed by atoms with Gasteiger partial charge in [-0.2, -0.15) is 25.3 Å². The van der Waals surface area contributed by atoms with E-state index >= 15 is 0 Å². The monoisotopic (exact) mass is 376 g/mol. The second-order valence-corrected chi connectivity index (χ2v) is 10.6. The first-order valence-corrected chi connectivity index (χ1v) is 10.4. The maximum absolute atomic E-state index is 4.78. The Morgan fingerprint density at radius 3 is 2.17 bits per heavy atom. The molecular formula is C18H40N4S2. The Morgan fingerprint density at radius 2 is 1.58 bits per heavy atom. The summed E-state index contributed by atoms with van der Waals surface area (Å²) >= 11 is 9.31. The fourth-order valence-corrected chi connectivity index (χ4v) is 3.26. The van der Waals surface area contributed by atoms with Crippen molar-refractivity contribution >= 4 is 25.3 Å². The van der Waals surface area contributed by atoms with Gasteiger partial charge in [-0.3, -0.25) is 0 Å². The predicted molar refractivity (Wildman–Crippen MR) is 114 cm³/mol. The molecule has 1 fully saturated rings. The van der Waals surface area contributed by atoms with Crippen LogP contribution in [0.25, 0.3) is 0 Å². The number of thiol groups is 2. The maximum atomic E-state index is 4.78. The molecule has 0 spiro atoms. The third-order valence-corrected chi connectivity index (χ3v) is 4.97. The van der Waals surface area contributed by atoms with Crippen LogP contribution in [0.1, 0.15) is 47.0 Å². The molecule has 0 bridgehead atoms. The molecule has 1 aliphatic rings. The average molecular weight is 377 g/mol. The number of piperidine rings is 1. The van der Waals surface area contributed by atoms with E-state index in [2.05, 4.69) is 61.2 Å². The van der Waals surface area contributed by atoms with Crippen molar-refractivity contribution in [3.63, 3.8) is 0 Å². The molecule has 1 atom stereocenters. The Bertz CT molecular complexity index is 320. The third kappa shape index (κ3) is 11.2. The van der Waals surface area contributed by atoms with Crippen molar-refractivity contribution in [1.29, 1.82) is 0 Å². The summed E-state index contributed by atoms with van der Waals surface area (Å²) in [7, 11) is 0. The van der Waals surface area contributed by atoms with E-state index in [4.69, 9.17) is 12.6 Å². The smallest absolute Gasteiger partial charge is 0.0332 e. The molecule has 0 aliphatic carbocycles. The summed E-state index contributed by atoms with van der Waals surface area (Å²) in [5.74, 6) is 0. The van der Waals surface area contributed by atoms with Crippen molar-refractivity contribution in [2.75, 3.05) is 52.4 Å². The molecule has 4 nitrogen and oxygen atoms in total. The van der Waals surface area contributed by atoms with E-state index in [1.165, 1.54) is 32.4 Å². The molecule has 3 N–H and O–H groups in total. The summed E-state index contributed by atoms with van der Waals surface area (Å²) in [4.78, 5) is 2.58. The third-order valence-electron chi connectivity index (χ3n) is 4.50. The lowest BCUT2D eigenvalue weighted by molar-refractivity contribution is 0.227. The van der Waals surface area contributed by atoms with Crippen LogP contribution in [0.15, 0.2) is 0 Å². The van der Waals surface area contributed by atoms with E-state index in [9.17, 15) is 0 Å². The molecule has 0 aromatic rings. The predicted octanol–water partition coefficient (Wildman–Crippen LogP) is 2.03. The zero-order valence-corrected chi connectivity index (χ0v) is 18.0. The molecule has 1 saturated heterocycles. The number of nitrogens with zero attached hydrogens (tertiary/aromatic N) is 1. The number of hydrogen-bond donors (Lipinski definition) is 5. The van der Waals surface area contributed by atoms with Crippen molar-refractivity contribution in [2.45, 2.75) is 62.5 Å². The second kappa shape index (κ2) is 11.3. The van der Waals surface area contributed by atoms with Gasteiger partial charge in [-0.25, -0.2) is 0 Å². The summed E-state index contributed by atoms with van der Waals surface area (Å²) in [5, 5.41) is 10.7. The molecule has 0 aromatic carbocycles. The number of likely N-dealkylation sites (tertiary alicyclic amines) is 1. The van der Waals surface area contributed by atoms with Gasteiger partial charge < -0.3 is 20.9 Å². The first-order valence-electron chi connectivity index (χ1n) is 9.50. The Labute approximate surface area is 161 Å². The van der Waals surface area contributed by atoms with E-state index in [1.807, 2.05) is 0 Å². The Balaban J connectivity index is 2.17. The molecule has 144 valence electrons. The minimum absolute atomic E-state index is 0.0399. The van der Waals surface area contributed by atoms with Crippen molar-refractivity contribution in [3.8, 4) is 0 Å². The standard InChI is InChI=1S/C18H40N4S2/c1-17(2,23)15-20-8-9-21-16(18(3,4)24)14-19-10-13-22-11-6-5-7-12-22/h16,19-21,23-24H,5-15H2,1-4H3. The normalized spacial score (nSPS) is 18.8. The zero-order valence-electron chi connectivity index (χ0n) is 16.2. The van der Waals surface area contributed by atoms with E-state index in [0.717, 1.165) is 39.3 Å². The van der Waals surface area contributed by atoms with Crippen LogP contribution >= 0.6 is 25.3 Å². The molecule has 0 amide bonds. The number of rotatable bonds is 12. The summed E-state index contributed by atoms with van der Waals surface area (Å²) in [5.41, 5.74) is 0. The van der Waals surface area contributed by atoms with Gasteiger partial charge in [-0.1, -0.05) is 6.42 Å². The Morgan fingerprint density at radius 1 is 0.917 bits per heavy atom. The van der Waals surface area contributed by atoms with Gasteiger partial charge in [0.05, 0.1) is 0 Å². The van der Waals surface area contributed by atoms with Gasteiger partial charge >= 0.3 is 0 Å². The average Bonchev–Trinajstić information content (AvgIpc) is 2.47. The lowest BCUT2D eigenvalue weighted by Gasteiger charge is -2.32. The maximum Gasteiger partial charge on any atom is 0.0332 e. The summed E-state index contributed by atoms with van der Waals surface area (Å²) in [6, 6.07) is 0.355. The van der Waals surface area contributed by atoms with E-state index in [1.54, 1.807) is 0 Å². The molecule has 1 aliphatic heterocycles. The molecule has 1 rings (SSSR count). The largest absolute Gasteiger partial charge is 0.314 e. The van der Waals surface area contributed by atoms with Crippen LogP contribution in [-0.2, 0) is 0 Å². The topological polar surface area (TPSA) is 39.3 Å². The minimum Gasteiger partial charge on any atom is -0.314 e. The van der Waals surface area contributed by atoms with Crippen LogP contribution in [0.3, 0.4) is 0 Å². The van der Waals surface area contributed by atoms with Crippen molar-refractivity contribution in [1.82, 2.24) is 20.9 Å². The van der Waals surface area contributed by atoms with Gasteiger partial charge in [0.1, 0.15) is 0 Å². The molecule has 1 unspecified atom stereocenters. The fraction of sp³-hybridized carbons (Fsp3) is 1.00. The highest BCUT2D eigenvalue weighted by Gasteiger charge is 2.24. The molecule has 0 aromatic heterocycles. The van der Waals surface area contributed by atoms with Gasteiger partial charge in [-0.15, -0.1) is 0 Å². The lowest BCUT2D eigenvalue weighted by Crippen LogP contribution is -2.52. The quantitative estimate of drug-likeness (QED) is 0.267. The molecular weight excluding hydrogens is 336 g/mol. The zero-order chi connectivity index (χ0) is 18.1. The van der Waals surface area contributed by atoms with Crippen LogP contribution in [0, 0.1) is 0 Å². The fourth-order valence-electron chi connectivity index (χ4n) is 2.97. The first kappa shape index (κ1) is 22.6. The van der Waals surface area contributed by atoms with Crippen LogP contribution in [0.5, 0.6) is 0 Å². The van der Waals surface area contributed by atoms with Gasteiger partial charge in [0.15, 0.2) is 0 Å². The summed E-state index contributed by atoms with van der Waals surface area (Å²) in [6.07, 6.45) is 4.14. The Kier molecular flexibility index (Phi) is 10.6. The van der Waals surface area contributed by atoms with Gasteiger partial charge in [0.25, 0.3) is 0 Å². The highest BCUT2D eigenvalue weighted by atomic mass is 32.1. The minimum atomic E-state index is -0.0407. The molecule has 24 heavy (non-hydrogen) atoms. The second-order valence-electron chi connectivity index (χ2n) is 8.26. The highest BCUT2D eigenvalue weighted by molar-refractivity contribution is 7.82. The number of nitrogens with one attached hydrogen (secondary N) is 3. The summed E-state index contributed by atoms with van der Waals surface area (Å²) in [6.45, 7) is 17.2. The SMILES string of the molecule is CC(C)(S)CNCCNC(CNCCN1CCCCC1)C(C)(C)S. The van der Waals surface area contributed by atoms with Crippen LogP contribution < -0.4 is 16.0 Å².